The number of carbonyl (C=O) groups excluding carboxylic acids is 1. The van der Waals surface area contributed by atoms with E-state index in [0.29, 0.717) is 5.76 Å². The molecule has 1 aromatic carbocycles. The van der Waals surface area contributed by atoms with Gasteiger partial charge in [0.1, 0.15) is 5.76 Å². The predicted molar refractivity (Wildman–Crippen MR) is 101 cm³/mol. The minimum absolute atomic E-state index is 0.0311. The van der Waals surface area contributed by atoms with Gasteiger partial charge in [-0.05, 0) is 49.7 Å². The summed E-state index contributed by atoms with van der Waals surface area (Å²) in [4.78, 5) is 11.7. The second kappa shape index (κ2) is 8.06. The van der Waals surface area contributed by atoms with Crippen molar-refractivity contribution in [2.24, 2.45) is 0 Å². The zero-order valence-electron chi connectivity index (χ0n) is 15.3. The van der Waals surface area contributed by atoms with E-state index in [2.05, 4.69) is 0 Å². The van der Waals surface area contributed by atoms with Crippen LogP contribution in [0.1, 0.15) is 29.5 Å². The minimum atomic E-state index is -4.01. The third kappa shape index (κ3) is 4.45. The number of furan rings is 1. The van der Waals surface area contributed by atoms with Gasteiger partial charge in [0, 0.05) is 6.04 Å². The van der Waals surface area contributed by atoms with Crippen LogP contribution in [0.2, 0.25) is 0 Å². The summed E-state index contributed by atoms with van der Waals surface area (Å²) in [5, 5.41) is 0. The number of sulfonamides is 1. The van der Waals surface area contributed by atoms with Crippen LogP contribution < -0.4 is 0 Å². The highest BCUT2D eigenvalue weighted by molar-refractivity contribution is 7.92. The molecule has 1 fully saturated rings. The average molecular weight is 428 g/mol. The Morgan fingerprint density at radius 2 is 1.96 bits per heavy atom. The molecule has 0 saturated carbocycles. The van der Waals surface area contributed by atoms with Crippen molar-refractivity contribution in [1.82, 2.24) is 4.31 Å². The van der Waals surface area contributed by atoms with Crippen LogP contribution in [0.15, 0.2) is 52.0 Å². The molecule has 28 heavy (non-hydrogen) atoms. The fourth-order valence-corrected chi connectivity index (χ4v) is 6.53. The quantitative estimate of drug-likeness (QED) is 0.620. The summed E-state index contributed by atoms with van der Waals surface area (Å²) >= 11 is 0. The first-order valence-corrected chi connectivity index (χ1v) is 12.0. The summed E-state index contributed by atoms with van der Waals surface area (Å²) in [6.45, 7) is 1.82. The molecule has 1 aromatic heterocycles. The molecule has 2 aromatic rings. The van der Waals surface area contributed by atoms with Crippen molar-refractivity contribution in [2.75, 3.05) is 18.1 Å². The number of ether oxygens (including phenoxy) is 1. The summed E-state index contributed by atoms with van der Waals surface area (Å²) in [6, 6.07) is 7.99. The molecule has 0 aliphatic carbocycles. The highest BCUT2D eigenvalue weighted by atomic mass is 32.2. The van der Waals surface area contributed by atoms with Crippen molar-refractivity contribution in [2.45, 2.75) is 30.8 Å². The van der Waals surface area contributed by atoms with E-state index in [1.54, 1.807) is 19.1 Å². The zero-order chi connectivity index (χ0) is 20.4. The minimum Gasteiger partial charge on any atom is -0.468 e. The number of hydrogen-bond donors (Lipinski definition) is 0. The molecule has 0 spiro atoms. The topological polar surface area (TPSA) is 111 Å². The molecule has 1 atom stereocenters. The van der Waals surface area contributed by atoms with Crippen molar-refractivity contribution >= 4 is 25.8 Å². The van der Waals surface area contributed by atoms with Crippen LogP contribution in [0.5, 0.6) is 0 Å². The van der Waals surface area contributed by atoms with Crippen LogP contribution in [0.4, 0.5) is 0 Å². The summed E-state index contributed by atoms with van der Waals surface area (Å²) in [7, 11) is -7.29. The average Bonchev–Trinajstić information content (AvgIpc) is 3.29. The van der Waals surface area contributed by atoms with Gasteiger partial charge >= 0.3 is 5.97 Å². The lowest BCUT2D eigenvalue weighted by Gasteiger charge is -2.26. The normalized spacial score (nSPS) is 19.0. The van der Waals surface area contributed by atoms with Gasteiger partial charge in [-0.3, -0.25) is 0 Å². The lowest BCUT2D eigenvalue weighted by molar-refractivity contribution is 0.0526. The fourth-order valence-electron chi connectivity index (χ4n) is 3.08. The third-order valence-electron chi connectivity index (χ3n) is 4.48. The Labute approximate surface area is 164 Å². The smallest absolute Gasteiger partial charge is 0.338 e. The van der Waals surface area contributed by atoms with Gasteiger partial charge in [-0.2, -0.15) is 4.31 Å². The van der Waals surface area contributed by atoms with Crippen molar-refractivity contribution in [3.63, 3.8) is 0 Å². The fraction of sp³-hybridized carbons (Fsp3) is 0.389. The van der Waals surface area contributed by atoms with Crippen LogP contribution in [0.3, 0.4) is 0 Å². The summed E-state index contributed by atoms with van der Waals surface area (Å²) < 4.78 is 61.6. The van der Waals surface area contributed by atoms with Gasteiger partial charge in [-0.25, -0.2) is 21.6 Å². The molecule has 152 valence electrons. The molecule has 1 saturated heterocycles. The maximum atomic E-state index is 13.2. The van der Waals surface area contributed by atoms with E-state index in [-0.39, 0.29) is 41.5 Å². The van der Waals surface area contributed by atoms with Crippen molar-refractivity contribution in [3.8, 4) is 0 Å². The van der Waals surface area contributed by atoms with Crippen LogP contribution in [-0.4, -0.2) is 51.3 Å². The lowest BCUT2D eigenvalue weighted by atomic mass is 10.2. The van der Waals surface area contributed by atoms with Gasteiger partial charge < -0.3 is 9.15 Å². The largest absolute Gasteiger partial charge is 0.468 e. The van der Waals surface area contributed by atoms with E-state index in [1.165, 1.54) is 30.5 Å². The van der Waals surface area contributed by atoms with Gasteiger partial charge in [0.15, 0.2) is 9.84 Å². The number of esters is 1. The molecule has 8 nitrogen and oxygen atoms in total. The van der Waals surface area contributed by atoms with E-state index in [1.807, 2.05) is 0 Å². The van der Waals surface area contributed by atoms with Gasteiger partial charge in [0.25, 0.3) is 0 Å². The van der Waals surface area contributed by atoms with Crippen molar-refractivity contribution in [1.29, 1.82) is 0 Å². The van der Waals surface area contributed by atoms with Gasteiger partial charge in [-0.1, -0.05) is 0 Å². The second-order valence-electron chi connectivity index (χ2n) is 6.43. The van der Waals surface area contributed by atoms with E-state index in [9.17, 15) is 21.6 Å². The molecule has 0 unspecified atom stereocenters. The summed E-state index contributed by atoms with van der Waals surface area (Å²) in [5.41, 5.74) is 0.238. The van der Waals surface area contributed by atoms with Gasteiger partial charge in [0.2, 0.25) is 10.0 Å². The van der Waals surface area contributed by atoms with Crippen LogP contribution in [0.25, 0.3) is 0 Å². The molecule has 0 bridgehead atoms. The van der Waals surface area contributed by atoms with Crippen LogP contribution in [-0.2, 0) is 31.1 Å². The van der Waals surface area contributed by atoms with E-state index in [4.69, 9.17) is 9.15 Å². The number of benzene rings is 1. The maximum Gasteiger partial charge on any atom is 0.338 e. The first-order chi connectivity index (χ1) is 13.2. The molecule has 3 rings (SSSR count). The van der Waals surface area contributed by atoms with Gasteiger partial charge in [-0.15, -0.1) is 0 Å². The van der Waals surface area contributed by atoms with Crippen molar-refractivity contribution < 1.29 is 30.8 Å². The Morgan fingerprint density at radius 3 is 2.50 bits per heavy atom. The van der Waals surface area contributed by atoms with E-state index >= 15 is 0 Å². The number of rotatable bonds is 7. The molecule has 0 amide bonds. The van der Waals surface area contributed by atoms with Gasteiger partial charge in [0.05, 0.1) is 41.4 Å². The summed E-state index contributed by atoms with van der Waals surface area (Å²) in [6.07, 6.45) is 1.66. The third-order valence-corrected chi connectivity index (χ3v) is 8.14. The molecule has 1 aliphatic rings. The monoisotopic (exact) mass is 427 g/mol. The highest BCUT2D eigenvalue weighted by Crippen LogP contribution is 2.27. The Morgan fingerprint density at radius 1 is 1.25 bits per heavy atom. The molecule has 10 heteroatoms. The van der Waals surface area contributed by atoms with Crippen LogP contribution >= 0.6 is 0 Å². The Hall–Kier alpha value is -2.17. The summed E-state index contributed by atoms with van der Waals surface area (Å²) in [5.74, 6) is -0.408. The predicted octanol–water partition coefficient (Wildman–Crippen LogP) is 1.83. The molecular formula is C18H21NO7S2. The molecule has 2 heterocycles. The zero-order valence-corrected chi connectivity index (χ0v) is 16.9. The maximum absolute atomic E-state index is 13.2. The van der Waals surface area contributed by atoms with E-state index in [0.717, 1.165) is 4.31 Å². The van der Waals surface area contributed by atoms with E-state index < -0.39 is 31.9 Å². The Bertz CT molecular complexity index is 1030. The molecule has 1 aliphatic heterocycles. The highest BCUT2D eigenvalue weighted by Gasteiger charge is 2.39. The number of carbonyl (C=O) groups is 1. The molecule has 0 radical (unpaired) electrons. The lowest BCUT2D eigenvalue weighted by Crippen LogP contribution is -2.40. The van der Waals surface area contributed by atoms with Crippen LogP contribution in [0, 0.1) is 0 Å². The first-order valence-electron chi connectivity index (χ1n) is 8.75. The second-order valence-corrected chi connectivity index (χ2v) is 10.6. The first kappa shape index (κ1) is 20.6. The number of hydrogen-bond acceptors (Lipinski definition) is 7. The Balaban J connectivity index is 1.92. The molecular weight excluding hydrogens is 406 g/mol. The number of nitrogens with zero attached hydrogens (tertiary/aromatic N) is 1. The number of sulfone groups is 1. The molecule has 0 N–H and O–H groups in total. The Kier molecular flexibility index (Phi) is 5.92. The SMILES string of the molecule is CCOC(=O)c1ccc(S(=O)(=O)N(Cc2ccco2)[C@H]2CCS(=O)(=O)C2)cc1. The van der Waals surface area contributed by atoms with Crippen molar-refractivity contribution in [3.05, 3.63) is 54.0 Å². The standard InChI is InChI=1S/C18H21NO7S2/c1-2-25-18(20)14-5-7-17(8-6-14)28(23,24)19(12-16-4-3-10-26-16)15-9-11-27(21,22)13-15/h3-8,10,15H,2,9,11-13H2,1H3/t15-/m0/s1.